The van der Waals surface area contributed by atoms with Crippen molar-refractivity contribution in [2.75, 3.05) is 39.0 Å². The van der Waals surface area contributed by atoms with Gasteiger partial charge in [-0.05, 0) is 50.6 Å². The lowest BCUT2D eigenvalue weighted by Gasteiger charge is -2.42. The number of anilines is 1. The first-order valence-corrected chi connectivity index (χ1v) is 17.5. The molecule has 1 aromatic rings. The molecule has 1 aromatic carbocycles. The number of halogens is 1. The standard InChI is InChI=1S/C35H48ClN3O10S/c1-19-10-9-11-26(46-8)35(44)18-25(47-33(43)37-35)20(2)31-34(4,49-31)27(48-32(42)21(3)38(5)28(40)12-13-50)17-29(41)39(6)23-15-22(14-19)16-24(45-7)30(23)36/h9-11,15-16,20-21,25-27,31,44,50H,12-14,17-18H2,1-8H3,(H,37,43)/b11-9+,19-10+/t20-,21-,25+,26-,27+,31+,34-,35+/m1/s1. The Morgan fingerprint density at radius 1 is 1.28 bits per heavy atom. The predicted octanol–water partition coefficient (Wildman–Crippen LogP) is 3.83. The number of epoxide rings is 1. The molecular weight excluding hydrogens is 690 g/mol. The molecule has 13 nitrogen and oxygen atoms in total. The van der Waals surface area contributed by atoms with Crippen molar-refractivity contribution >= 4 is 53.8 Å². The topological polar surface area (TPSA) is 156 Å². The monoisotopic (exact) mass is 737 g/mol. The third kappa shape index (κ3) is 8.42. The molecular formula is C35H48ClN3O10S. The minimum atomic E-state index is -1.82. The summed E-state index contributed by atoms with van der Waals surface area (Å²) in [5, 5.41) is 14.4. The van der Waals surface area contributed by atoms with Crippen molar-refractivity contribution in [2.45, 2.75) is 95.2 Å². The molecule has 0 unspecified atom stereocenters. The fourth-order valence-electron chi connectivity index (χ4n) is 6.49. The fraction of sp³-hybridized carbons (Fsp3) is 0.600. The number of nitrogens with zero attached hydrogens (tertiary/aromatic N) is 2. The number of fused-ring (bicyclic) bond motifs is 5. The summed E-state index contributed by atoms with van der Waals surface area (Å²) in [5.41, 5.74) is -0.903. The third-order valence-electron chi connectivity index (χ3n) is 9.85. The van der Waals surface area contributed by atoms with Crippen LogP contribution in [0.1, 0.15) is 52.5 Å². The van der Waals surface area contributed by atoms with E-state index in [1.54, 1.807) is 45.2 Å². The van der Waals surface area contributed by atoms with Crippen molar-refractivity contribution < 1.29 is 48.0 Å². The molecule has 0 aliphatic carbocycles. The Labute approximate surface area is 303 Å². The molecule has 0 saturated carbocycles. The molecule has 276 valence electrons. The van der Waals surface area contributed by atoms with Gasteiger partial charge in [0.1, 0.15) is 40.7 Å². The molecule has 2 saturated heterocycles. The lowest BCUT2D eigenvalue weighted by Crippen LogP contribution is -2.63. The third-order valence-corrected chi connectivity index (χ3v) is 10.5. The zero-order valence-electron chi connectivity index (χ0n) is 29.7. The van der Waals surface area contributed by atoms with Crippen LogP contribution in [0.2, 0.25) is 5.02 Å². The number of hydrogen-bond donors (Lipinski definition) is 3. The Hall–Kier alpha value is -3.30. The van der Waals surface area contributed by atoms with Crippen LogP contribution in [0.5, 0.6) is 5.75 Å². The highest BCUT2D eigenvalue weighted by Gasteiger charge is 2.64. The van der Waals surface area contributed by atoms with Crippen LogP contribution in [0.15, 0.2) is 35.9 Å². The first-order valence-electron chi connectivity index (χ1n) is 16.4. The summed E-state index contributed by atoms with van der Waals surface area (Å²) in [7, 11) is 5.98. The second-order valence-corrected chi connectivity index (χ2v) is 14.2. The number of rotatable bonds is 7. The number of ether oxygens (including phenoxy) is 5. The molecule has 4 rings (SSSR count). The van der Waals surface area contributed by atoms with Crippen LogP contribution >= 0.6 is 24.2 Å². The summed E-state index contributed by atoms with van der Waals surface area (Å²) in [6.07, 6.45) is 1.08. The predicted molar refractivity (Wildman–Crippen MR) is 189 cm³/mol. The lowest BCUT2D eigenvalue weighted by molar-refractivity contribution is -0.161. The van der Waals surface area contributed by atoms with Crippen LogP contribution in [-0.4, -0.2) is 110 Å². The van der Waals surface area contributed by atoms with E-state index < -0.39 is 65.7 Å². The van der Waals surface area contributed by atoms with Gasteiger partial charge in [-0.2, -0.15) is 12.6 Å². The van der Waals surface area contributed by atoms with E-state index >= 15 is 0 Å². The van der Waals surface area contributed by atoms with E-state index in [-0.39, 0.29) is 30.2 Å². The van der Waals surface area contributed by atoms with Gasteiger partial charge in [-0.3, -0.25) is 14.9 Å². The molecule has 50 heavy (non-hydrogen) atoms. The van der Waals surface area contributed by atoms with Crippen molar-refractivity contribution in [3.05, 3.63) is 46.5 Å². The van der Waals surface area contributed by atoms with E-state index in [1.807, 2.05) is 13.0 Å². The molecule has 2 fully saturated rings. The van der Waals surface area contributed by atoms with Gasteiger partial charge in [-0.1, -0.05) is 42.3 Å². The summed E-state index contributed by atoms with van der Waals surface area (Å²) in [4.78, 5) is 55.6. The normalized spacial score (nSPS) is 32.3. The van der Waals surface area contributed by atoms with Gasteiger partial charge in [0.25, 0.3) is 0 Å². The summed E-state index contributed by atoms with van der Waals surface area (Å²) in [6, 6.07) is 2.60. The molecule has 3 aliphatic heterocycles. The number of allylic oxidation sites excluding steroid dienone is 3. The van der Waals surface area contributed by atoms with Gasteiger partial charge in [-0.15, -0.1) is 0 Å². The van der Waals surface area contributed by atoms with Crippen molar-refractivity contribution in [1.82, 2.24) is 10.2 Å². The fourth-order valence-corrected chi connectivity index (χ4v) is 6.99. The van der Waals surface area contributed by atoms with Crippen molar-refractivity contribution in [1.29, 1.82) is 0 Å². The average molecular weight is 738 g/mol. The molecule has 0 spiro atoms. The largest absolute Gasteiger partial charge is 0.495 e. The van der Waals surface area contributed by atoms with E-state index in [1.165, 1.54) is 38.0 Å². The first kappa shape index (κ1) is 39.5. The number of carbonyl (C=O) groups is 4. The number of alkyl carbamates (subject to hydrolysis) is 1. The number of aliphatic hydroxyl groups is 1. The van der Waals surface area contributed by atoms with E-state index in [4.69, 9.17) is 35.3 Å². The summed E-state index contributed by atoms with van der Waals surface area (Å²) < 4.78 is 29.0. The van der Waals surface area contributed by atoms with E-state index in [0.29, 0.717) is 23.6 Å². The first-order chi connectivity index (χ1) is 23.5. The Kier molecular flexibility index (Phi) is 12.6. The van der Waals surface area contributed by atoms with Crippen LogP contribution in [0, 0.1) is 5.92 Å². The maximum absolute atomic E-state index is 14.0. The van der Waals surface area contributed by atoms with Gasteiger partial charge in [0.05, 0.1) is 25.3 Å². The Balaban J connectivity index is 1.78. The number of carbonyl (C=O) groups excluding carboxylic acids is 4. The highest BCUT2D eigenvalue weighted by atomic mass is 35.5. The molecule has 3 aliphatic rings. The summed E-state index contributed by atoms with van der Waals surface area (Å²) in [5.74, 6) is -1.30. The van der Waals surface area contributed by atoms with Gasteiger partial charge < -0.3 is 38.6 Å². The van der Waals surface area contributed by atoms with Gasteiger partial charge >= 0.3 is 12.1 Å². The zero-order chi connectivity index (χ0) is 37.1. The van der Waals surface area contributed by atoms with Crippen LogP contribution in [0.25, 0.3) is 0 Å². The molecule has 3 amide bonds. The number of esters is 1. The number of hydrogen-bond acceptors (Lipinski definition) is 11. The molecule has 0 radical (unpaired) electrons. The minimum absolute atomic E-state index is 0.0489. The van der Waals surface area contributed by atoms with Crippen molar-refractivity contribution in [2.24, 2.45) is 5.92 Å². The second kappa shape index (κ2) is 15.9. The molecule has 4 bridgehead atoms. The van der Waals surface area contributed by atoms with Crippen LogP contribution in [0.3, 0.4) is 0 Å². The number of likely N-dealkylation sites (N-methyl/N-ethyl adjacent to an activating group) is 1. The average Bonchev–Trinajstić information content (AvgIpc) is 3.76. The van der Waals surface area contributed by atoms with Gasteiger partial charge in [0, 0.05) is 40.0 Å². The summed E-state index contributed by atoms with van der Waals surface area (Å²) in [6.45, 7) is 6.96. The quantitative estimate of drug-likeness (QED) is 0.214. The van der Waals surface area contributed by atoms with E-state index in [0.717, 1.165) is 11.1 Å². The van der Waals surface area contributed by atoms with Crippen molar-refractivity contribution in [3.63, 3.8) is 0 Å². The number of benzene rings is 1. The number of amides is 3. The molecule has 15 heteroatoms. The van der Waals surface area contributed by atoms with Gasteiger partial charge in [0.2, 0.25) is 11.8 Å². The van der Waals surface area contributed by atoms with Gasteiger partial charge in [0.15, 0.2) is 5.72 Å². The number of methoxy groups -OCH3 is 2. The minimum Gasteiger partial charge on any atom is -0.495 e. The Morgan fingerprint density at radius 2 is 1.98 bits per heavy atom. The zero-order valence-corrected chi connectivity index (χ0v) is 31.4. The Morgan fingerprint density at radius 3 is 2.62 bits per heavy atom. The van der Waals surface area contributed by atoms with Crippen LogP contribution in [0.4, 0.5) is 10.5 Å². The van der Waals surface area contributed by atoms with Crippen molar-refractivity contribution in [3.8, 4) is 5.75 Å². The maximum atomic E-state index is 14.0. The smallest absolute Gasteiger partial charge is 0.409 e. The highest BCUT2D eigenvalue weighted by molar-refractivity contribution is 7.80. The molecule has 8 atom stereocenters. The van der Waals surface area contributed by atoms with E-state index in [2.05, 4.69) is 17.9 Å². The van der Waals surface area contributed by atoms with Crippen LogP contribution in [-0.2, 0) is 39.8 Å². The molecule has 2 N–H and O–H groups in total. The number of thiol groups is 1. The highest BCUT2D eigenvalue weighted by Crippen LogP contribution is 2.49. The van der Waals surface area contributed by atoms with E-state index in [9.17, 15) is 24.3 Å². The maximum Gasteiger partial charge on any atom is 0.409 e. The van der Waals surface area contributed by atoms with Crippen LogP contribution < -0.4 is 15.0 Å². The second-order valence-electron chi connectivity index (χ2n) is 13.4. The SMILES string of the molecule is COc1cc2cc(c1Cl)N(C)C(=O)C[C@H](OC(=O)[C@@H](C)N(C)C(=O)CCS)[C@@]1(C)O[C@H]1[C@H](C)[C@@H]1C[C@@](O)(NC(=O)O1)[C@H](OC)/C=C/C=C(\C)C2. The number of nitrogens with one attached hydrogen (secondary N) is 1. The Bertz CT molecular complexity index is 1540. The lowest BCUT2D eigenvalue weighted by atomic mass is 9.83. The molecule has 0 aromatic heterocycles. The van der Waals surface area contributed by atoms with Gasteiger partial charge in [-0.25, -0.2) is 9.59 Å². The molecule has 3 heterocycles. The summed E-state index contributed by atoms with van der Waals surface area (Å²) >= 11 is 10.8.